The number of morpholine rings is 1. The zero-order valence-electron chi connectivity index (χ0n) is 15.0. The molecule has 2 heterocycles. The number of carbonyl (C=O) groups is 1. The highest BCUT2D eigenvalue weighted by molar-refractivity contribution is 7.99. The summed E-state index contributed by atoms with van der Waals surface area (Å²) >= 11 is 1.82. The molecule has 1 aliphatic heterocycles. The van der Waals surface area contributed by atoms with Crippen LogP contribution in [0.4, 0.5) is 13.9 Å². The number of amides is 1. The number of nitrogens with one attached hydrogen (secondary N) is 1. The van der Waals surface area contributed by atoms with Gasteiger partial charge in [0.05, 0.1) is 17.9 Å². The Morgan fingerprint density at radius 1 is 1.33 bits per heavy atom. The van der Waals surface area contributed by atoms with Crippen molar-refractivity contribution in [3.8, 4) is 0 Å². The molecule has 1 aromatic carbocycles. The molecule has 0 spiro atoms. The van der Waals surface area contributed by atoms with Crippen molar-refractivity contribution in [2.24, 2.45) is 0 Å². The van der Waals surface area contributed by atoms with Crippen molar-refractivity contribution in [1.29, 1.82) is 0 Å². The molecule has 1 fully saturated rings. The second kappa shape index (κ2) is 9.09. The molecule has 1 amide bonds. The first kappa shape index (κ1) is 20.2. The Morgan fingerprint density at radius 3 is 2.63 bits per heavy atom. The van der Waals surface area contributed by atoms with Crippen molar-refractivity contribution in [1.82, 2.24) is 9.88 Å². The standard InChI is InChI=1S/C18H21F2N3O2S2/c1-11-7-23(8-12(2)25-11)9-14-10-26-18(21-14)22-16(24)13-3-5-15(6-4-13)27-17(19)20/h3-6,10-12,17H,7-9H2,1-2H3,(H,21,22,24). The van der Waals surface area contributed by atoms with Crippen molar-refractivity contribution in [3.63, 3.8) is 0 Å². The molecule has 3 rings (SSSR count). The number of benzene rings is 1. The van der Waals surface area contributed by atoms with Crippen molar-refractivity contribution in [3.05, 3.63) is 40.9 Å². The minimum Gasteiger partial charge on any atom is -0.373 e. The number of ether oxygens (including phenoxy) is 1. The van der Waals surface area contributed by atoms with Gasteiger partial charge in [-0.2, -0.15) is 8.78 Å². The Bertz CT molecular complexity index is 760. The monoisotopic (exact) mass is 413 g/mol. The third-order valence-electron chi connectivity index (χ3n) is 3.99. The Balaban J connectivity index is 1.56. The first-order valence-electron chi connectivity index (χ1n) is 8.57. The summed E-state index contributed by atoms with van der Waals surface area (Å²) in [4.78, 5) is 19.5. The van der Waals surface area contributed by atoms with E-state index in [2.05, 4.69) is 29.0 Å². The van der Waals surface area contributed by atoms with Gasteiger partial charge in [-0.25, -0.2) is 4.98 Å². The third kappa shape index (κ3) is 5.97. The lowest BCUT2D eigenvalue weighted by Gasteiger charge is -2.34. The van der Waals surface area contributed by atoms with E-state index in [1.807, 2.05) is 5.38 Å². The molecular formula is C18H21F2N3O2S2. The highest BCUT2D eigenvalue weighted by Gasteiger charge is 2.22. The van der Waals surface area contributed by atoms with Gasteiger partial charge in [-0.3, -0.25) is 15.0 Å². The summed E-state index contributed by atoms with van der Waals surface area (Å²) in [5, 5.41) is 5.22. The molecule has 9 heteroatoms. The lowest BCUT2D eigenvalue weighted by atomic mass is 10.2. The van der Waals surface area contributed by atoms with E-state index < -0.39 is 5.76 Å². The lowest BCUT2D eigenvalue weighted by molar-refractivity contribution is -0.0707. The number of anilines is 1. The second-order valence-corrected chi connectivity index (χ2v) is 8.37. The number of hydrogen-bond donors (Lipinski definition) is 1. The summed E-state index contributed by atoms with van der Waals surface area (Å²) < 4.78 is 30.4. The molecule has 1 N–H and O–H groups in total. The average Bonchev–Trinajstić information content (AvgIpc) is 3.00. The van der Waals surface area contributed by atoms with Crippen LogP contribution in [-0.2, 0) is 11.3 Å². The Morgan fingerprint density at radius 2 is 2.00 bits per heavy atom. The maximum Gasteiger partial charge on any atom is 0.288 e. The highest BCUT2D eigenvalue weighted by atomic mass is 32.2. The largest absolute Gasteiger partial charge is 0.373 e. The molecule has 2 aromatic rings. The zero-order chi connectivity index (χ0) is 19.4. The van der Waals surface area contributed by atoms with Gasteiger partial charge in [-0.1, -0.05) is 11.8 Å². The molecule has 0 radical (unpaired) electrons. The predicted octanol–water partition coefficient (Wildman–Crippen LogP) is 4.32. The van der Waals surface area contributed by atoms with Crippen LogP contribution in [0.25, 0.3) is 0 Å². The first-order valence-corrected chi connectivity index (χ1v) is 10.3. The van der Waals surface area contributed by atoms with E-state index >= 15 is 0 Å². The zero-order valence-corrected chi connectivity index (χ0v) is 16.7. The minimum atomic E-state index is -2.48. The molecule has 146 valence electrons. The van der Waals surface area contributed by atoms with Crippen LogP contribution in [0.15, 0.2) is 34.5 Å². The lowest BCUT2D eigenvalue weighted by Crippen LogP contribution is -2.44. The van der Waals surface area contributed by atoms with Gasteiger partial charge in [-0.05, 0) is 38.1 Å². The van der Waals surface area contributed by atoms with Crippen molar-refractivity contribution in [2.75, 3.05) is 18.4 Å². The van der Waals surface area contributed by atoms with E-state index in [0.717, 1.165) is 18.8 Å². The maximum atomic E-state index is 12.3. The van der Waals surface area contributed by atoms with Gasteiger partial charge in [0.25, 0.3) is 11.7 Å². The second-order valence-electron chi connectivity index (χ2n) is 6.45. The number of thiazole rings is 1. The number of halogens is 2. The quantitative estimate of drug-likeness (QED) is 0.715. The average molecular weight is 414 g/mol. The highest BCUT2D eigenvalue weighted by Crippen LogP contribution is 2.25. The van der Waals surface area contributed by atoms with Gasteiger partial charge in [0.2, 0.25) is 0 Å². The number of thioether (sulfide) groups is 1. The van der Waals surface area contributed by atoms with Crippen LogP contribution in [0, 0.1) is 0 Å². The van der Waals surface area contributed by atoms with Crippen LogP contribution in [0.5, 0.6) is 0 Å². The van der Waals surface area contributed by atoms with Crippen molar-refractivity contribution in [2.45, 2.75) is 43.3 Å². The first-order chi connectivity index (χ1) is 12.9. The Labute approximate surface area is 165 Å². The van der Waals surface area contributed by atoms with Crippen LogP contribution in [-0.4, -0.2) is 46.8 Å². The van der Waals surface area contributed by atoms with Crippen LogP contribution in [0.3, 0.4) is 0 Å². The fraction of sp³-hybridized carbons (Fsp3) is 0.444. The predicted molar refractivity (Wildman–Crippen MR) is 104 cm³/mol. The minimum absolute atomic E-state index is 0.192. The summed E-state index contributed by atoms with van der Waals surface area (Å²) in [6, 6.07) is 6.09. The van der Waals surface area contributed by atoms with Gasteiger partial charge in [0.1, 0.15) is 0 Å². The van der Waals surface area contributed by atoms with Crippen LogP contribution in [0.1, 0.15) is 29.9 Å². The molecule has 0 aliphatic carbocycles. The molecule has 0 bridgehead atoms. The number of hydrogen-bond acceptors (Lipinski definition) is 6. The van der Waals surface area contributed by atoms with E-state index in [0.29, 0.717) is 33.9 Å². The van der Waals surface area contributed by atoms with Gasteiger partial charge < -0.3 is 4.74 Å². The van der Waals surface area contributed by atoms with Crippen LogP contribution >= 0.6 is 23.1 Å². The molecular weight excluding hydrogens is 392 g/mol. The SMILES string of the molecule is CC1CN(Cc2csc(NC(=O)c3ccc(SC(F)F)cc3)n2)CC(C)O1. The van der Waals surface area contributed by atoms with E-state index in [-0.39, 0.29) is 18.1 Å². The third-order valence-corrected chi connectivity index (χ3v) is 5.52. The summed E-state index contributed by atoms with van der Waals surface area (Å²) in [6.45, 7) is 6.53. The summed E-state index contributed by atoms with van der Waals surface area (Å²) in [7, 11) is 0. The topological polar surface area (TPSA) is 54.5 Å². The number of alkyl halides is 2. The smallest absolute Gasteiger partial charge is 0.288 e. The normalized spacial score (nSPS) is 20.8. The van der Waals surface area contributed by atoms with Gasteiger partial charge >= 0.3 is 0 Å². The summed E-state index contributed by atoms with van der Waals surface area (Å²) in [5.74, 6) is -2.78. The van der Waals surface area contributed by atoms with Crippen LogP contribution < -0.4 is 5.32 Å². The molecule has 27 heavy (non-hydrogen) atoms. The number of rotatable bonds is 6. The number of carbonyl (C=O) groups excluding carboxylic acids is 1. The van der Waals surface area contributed by atoms with Gasteiger partial charge in [0.15, 0.2) is 5.13 Å². The molecule has 2 unspecified atom stereocenters. The van der Waals surface area contributed by atoms with Gasteiger partial charge in [0, 0.05) is 35.5 Å². The van der Waals surface area contributed by atoms with E-state index in [9.17, 15) is 13.6 Å². The fourth-order valence-corrected chi connectivity index (χ4v) is 4.23. The van der Waals surface area contributed by atoms with Crippen molar-refractivity contribution >= 4 is 34.1 Å². The maximum absolute atomic E-state index is 12.3. The summed E-state index contributed by atoms with van der Waals surface area (Å²) in [6.07, 6.45) is 0.385. The van der Waals surface area contributed by atoms with E-state index in [1.54, 1.807) is 0 Å². The van der Waals surface area contributed by atoms with E-state index in [4.69, 9.17) is 4.74 Å². The van der Waals surface area contributed by atoms with E-state index in [1.165, 1.54) is 35.6 Å². The number of aromatic nitrogens is 1. The molecule has 2 atom stereocenters. The Hall–Kier alpha value is -1.55. The molecule has 1 aromatic heterocycles. The molecule has 5 nitrogen and oxygen atoms in total. The fourth-order valence-electron chi connectivity index (χ4n) is 3.04. The molecule has 1 saturated heterocycles. The molecule has 0 saturated carbocycles. The Kier molecular flexibility index (Phi) is 6.80. The molecule has 1 aliphatic rings. The summed E-state index contributed by atoms with van der Waals surface area (Å²) in [5.41, 5.74) is 1.31. The van der Waals surface area contributed by atoms with Crippen LogP contribution in [0.2, 0.25) is 0 Å². The number of nitrogens with zero attached hydrogens (tertiary/aromatic N) is 2. The van der Waals surface area contributed by atoms with Gasteiger partial charge in [-0.15, -0.1) is 11.3 Å². The van der Waals surface area contributed by atoms with Crippen molar-refractivity contribution < 1.29 is 18.3 Å².